The molecule has 1 spiro atoms. The van der Waals surface area contributed by atoms with E-state index in [0.29, 0.717) is 6.04 Å². The van der Waals surface area contributed by atoms with Gasteiger partial charge in [-0.3, -0.25) is 9.69 Å². The van der Waals surface area contributed by atoms with Crippen molar-refractivity contribution in [1.29, 1.82) is 0 Å². The maximum atomic E-state index is 10.8. The van der Waals surface area contributed by atoms with Gasteiger partial charge in [0, 0.05) is 19.1 Å². The van der Waals surface area contributed by atoms with Gasteiger partial charge >= 0.3 is 5.97 Å². The van der Waals surface area contributed by atoms with Gasteiger partial charge in [-0.1, -0.05) is 0 Å². The van der Waals surface area contributed by atoms with Crippen LogP contribution < -0.4 is 0 Å². The summed E-state index contributed by atoms with van der Waals surface area (Å²) in [5, 5.41) is 8.91. The Hall–Kier alpha value is -0.570. The Bertz CT molecular complexity index is 269. The molecule has 3 heteroatoms. The number of rotatable bonds is 2. The first-order chi connectivity index (χ1) is 7.19. The van der Waals surface area contributed by atoms with Gasteiger partial charge in [-0.05, 0) is 43.9 Å². The molecule has 0 aromatic carbocycles. The third-order valence-corrected chi connectivity index (χ3v) is 4.60. The number of aliphatic carboxylic acids is 1. The number of carboxylic acids is 1. The average molecular weight is 209 g/mol. The lowest BCUT2D eigenvalue weighted by atomic mass is 9.82. The molecule has 3 fully saturated rings. The van der Waals surface area contributed by atoms with Crippen molar-refractivity contribution < 1.29 is 9.90 Å². The van der Waals surface area contributed by atoms with E-state index in [0.717, 1.165) is 31.1 Å². The average Bonchev–Trinajstić information content (AvgIpc) is 2.95. The zero-order valence-electron chi connectivity index (χ0n) is 9.11. The molecule has 0 bridgehead atoms. The third kappa shape index (κ3) is 1.67. The van der Waals surface area contributed by atoms with Crippen LogP contribution in [0.5, 0.6) is 0 Å². The molecule has 0 unspecified atom stereocenters. The normalized spacial score (nSPS) is 38.7. The van der Waals surface area contributed by atoms with E-state index in [1.165, 1.54) is 25.9 Å². The summed E-state index contributed by atoms with van der Waals surface area (Å²) in [6.07, 6.45) is 6.87. The molecule has 84 valence electrons. The van der Waals surface area contributed by atoms with Crippen molar-refractivity contribution in [2.24, 2.45) is 11.3 Å². The van der Waals surface area contributed by atoms with Crippen LogP contribution in [0.4, 0.5) is 0 Å². The lowest BCUT2D eigenvalue weighted by molar-refractivity contribution is -0.143. The monoisotopic (exact) mass is 209 g/mol. The molecule has 0 radical (unpaired) electrons. The second-order valence-electron chi connectivity index (χ2n) is 5.75. The Kier molecular flexibility index (Phi) is 2.06. The number of likely N-dealkylation sites (tertiary alicyclic amines) is 1. The topological polar surface area (TPSA) is 40.5 Å². The predicted octanol–water partition coefficient (Wildman–Crippen LogP) is 1.73. The van der Waals surface area contributed by atoms with Gasteiger partial charge in [-0.25, -0.2) is 0 Å². The first-order valence-corrected chi connectivity index (χ1v) is 6.15. The van der Waals surface area contributed by atoms with Crippen LogP contribution in [0.15, 0.2) is 0 Å². The fourth-order valence-corrected chi connectivity index (χ4v) is 3.25. The summed E-state index contributed by atoms with van der Waals surface area (Å²) in [7, 11) is 0. The SMILES string of the molecule is O=C(O)C1CCC(N2CC3(CC3)C2)CC1. The van der Waals surface area contributed by atoms with E-state index in [4.69, 9.17) is 5.11 Å². The second kappa shape index (κ2) is 3.21. The minimum atomic E-state index is -0.587. The van der Waals surface area contributed by atoms with Gasteiger partial charge in [-0.2, -0.15) is 0 Å². The number of carbonyl (C=O) groups is 1. The van der Waals surface area contributed by atoms with Crippen molar-refractivity contribution in [3.63, 3.8) is 0 Å². The van der Waals surface area contributed by atoms with Crippen LogP contribution in [0.2, 0.25) is 0 Å². The lowest BCUT2D eigenvalue weighted by Crippen LogP contribution is -2.54. The zero-order chi connectivity index (χ0) is 10.5. The molecule has 2 saturated carbocycles. The van der Waals surface area contributed by atoms with Crippen molar-refractivity contribution in [3.8, 4) is 0 Å². The Morgan fingerprint density at radius 3 is 2.20 bits per heavy atom. The zero-order valence-corrected chi connectivity index (χ0v) is 9.11. The Morgan fingerprint density at radius 1 is 1.13 bits per heavy atom. The number of hydrogen-bond acceptors (Lipinski definition) is 2. The van der Waals surface area contributed by atoms with Gasteiger partial charge < -0.3 is 5.11 Å². The van der Waals surface area contributed by atoms with Crippen LogP contribution in [0.1, 0.15) is 38.5 Å². The minimum absolute atomic E-state index is 0.0580. The molecule has 0 atom stereocenters. The van der Waals surface area contributed by atoms with Gasteiger partial charge in [0.05, 0.1) is 5.92 Å². The quantitative estimate of drug-likeness (QED) is 0.753. The molecule has 0 aromatic rings. The van der Waals surface area contributed by atoms with Crippen molar-refractivity contribution in [1.82, 2.24) is 4.90 Å². The highest BCUT2D eigenvalue weighted by Gasteiger charge is 2.53. The molecular formula is C12H19NO2. The first kappa shape index (κ1) is 9.64. The van der Waals surface area contributed by atoms with E-state index >= 15 is 0 Å². The summed E-state index contributed by atoms with van der Waals surface area (Å²) in [6.45, 7) is 2.60. The fourth-order valence-electron chi connectivity index (χ4n) is 3.25. The second-order valence-corrected chi connectivity index (χ2v) is 5.75. The first-order valence-electron chi connectivity index (χ1n) is 6.15. The molecule has 0 amide bonds. The van der Waals surface area contributed by atoms with Crippen molar-refractivity contribution in [3.05, 3.63) is 0 Å². The van der Waals surface area contributed by atoms with Crippen LogP contribution in [0, 0.1) is 11.3 Å². The van der Waals surface area contributed by atoms with Crippen LogP contribution in [-0.2, 0) is 4.79 Å². The molecular weight excluding hydrogens is 190 g/mol. The maximum Gasteiger partial charge on any atom is 0.306 e. The fraction of sp³-hybridized carbons (Fsp3) is 0.917. The molecule has 1 heterocycles. The molecule has 3 aliphatic rings. The van der Waals surface area contributed by atoms with Gasteiger partial charge in [0.1, 0.15) is 0 Å². The summed E-state index contributed by atoms with van der Waals surface area (Å²) >= 11 is 0. The maximum absolute atomic E-state index is 10.8. The van der Waals surface area contributed by atoms with Crippen LogP contribution in [-0.4, -0.2) is 35.1 Å². The highest BCUT2D eigenvalue weighted by molar-refractivity contribution is 5.70. The van der Waals surface area contributed by atoms with Gasteiger partial charge in [-0.15, -0.1) is 0 Å². The molecule has 1 saturated heterocycles. The number of hydrogen-bond donors (Lipinski definition) is 1. The Morgan fingerprint density at radius 2 is 1.73 bits per heavy atom. The van der Waals surface area contributed by atoms with E-state index in [9.17, 15) is 4.79 Å². The van der Waals surface area contributed by atoms with Crippen LogP contribution in [0.3, 0.4) is 0 Å². The standard InChI is InChI=1S/C12H19NO2/c14-11(15)9-1-3-10(4-2-9)13-7-12(8-13)5-6-12/h9-10H,1-8H2,(H,14,15). The smallest absolute Gasteiger partial charge is 0.306 e. The van der Waals surface area contributed by atoms with E-state index < -0.39 is 5.97 Å². The summed E-state index contributed by atoms with van der Waals surface area (Å²) in [5.41, 5.74) is 0.740. The molecule has 2 aliphatic carbocycles. The molecule has 1 N–H and O–H groups in total. The summed E-state index contributed by atoms with van der Waals surface area (Å²) < 4.78 is 0. The largest absolute Gasteiger partial charge is 0.481 e. The van der Waals surface area contributed by atoms with E-state index in [1.807, 2.05) is 0 Å². The van der Waals surface area contributed by atoms with Crippen molar-refractivity contribution in [2.45, 2.75) is 44.6 Å². The highest BCUT2D eigenvalue weighted by Crippen LogP contribution is 2.54. The molecule has 3 rings (SSSR count). The molecule has 15 heavy (non-hydrogen) atoms. The van der Waals surface area contributed by atoms with E-state index in [2.05, 4.69) is 4.90 Å². The van der Waals surface area contributed by atoms with E-state index in [-0.39, 0.29) is 5.92 Å². The van der Waals surface area contributed by atoms with Gasteiger partial charge in [0.25, 0.3) is 0 Å². The lowest BCUT2D eigenvalue weighted by Gasteiger charge is -2.47. The Balaban J connectivity index is 1.48. The van der Waals surface area contributed by atoms with Crippen LogP contribution >= 0.6 is 0 Å². The summed E-state index contributed by atoms with van der Waals surface area (Å²) in [5.74, 6) is -0.645. The van der Waals surface area contributed by atoms with E-state index in [1.54, 1.807) is 0 Å². The van der Waals surface area contributed by atoms with Gasteiger partial charge in [0.2, 0.25) is 0 Å². The van der Waals surface area contributed by atoms with Gasteiger partial charge in [0.15, 0.2) is 0 Å². The molecule has 0 aromatic heterocycles. The minimum Gasteiger partial charge on any atom is -0.481 e. The summed E-state index contributed by atoms with van der Waals surface area (Å²) in [4.78, 5) is 13.4. The molecule has 3 nitrogen and oxygen atoms in total. The summed E-state index contributed by atoms with van der Waals surface area (Å²) in [6, 6.07) is 0.701. The predicted molar refractivity (Wildman–Crippen MR) is 56.6 cm³/mol. The van der Waals surface area contributed by atoms with Crippen molar-refractivity contribution in [2.75, 3.05) is 13.1 Å². The highest BCUT2D eigenvalue weighted by atomic mass is 16.4. The third-order valence-electron chi connectivity index (χ3n) is 4.60. The van der Waals surface area contributed by atoms with Crippen molar-refractivity contribution >= 4 is 5.97 Å². The van der Waals surface area contributed by atoms with Crippen LogP contribution in [0.25, 0.3) is 0 Å². The Labute approximate surface area is 90.5 Å². The number of carboxylic acid groups (broad SMARTS) is 1. The molecule has 1 aliphatic heterocycles. The number of nitrogens with zero attached hydrogens (tertiary/aromatic N) is 1.